The predicted octanol–water partition coefficient (Wildman–Crippen LogP) is 3.44. The molecule has 1 aromatic rings. The number of ether oxygens (including phenoxy) is 1. The van der Waals surface area contributed by atoms with Crippen molar-refractivity contribution in [3.8, 4) is 5.75 Å². The maximum absolute atomic E-state index is 9.84. The van der Waals surface area contributed by atoms with Crippen LogP contribution in [0.4, 0.5) is 0 Å². The lowest BCUT2D eigenvalue weighted by Crippen LogP contribution is -2.34. The summed E-state index contributed by atoms with van der Waals surface area (Å²) in [4.78, 5) is 0. The van der Waals surface area contributed by atoms with Crippen molar-refractivity contribution >= 4 is 15.9 Å². The van der Waals surface area contributed by atoms with E-state index in [-0.39, 0.29) is 12.2 Å². The SMILES string of the molecule is Cc1cc(Br)ccc1O[C@@H]1CCCC[C@H]1O. The zero-order valence-electron chi connectivity index (χ0n) is 9.45. The maximum Gasteiger partial charge on any atom is 0.124 e. The summed E-state index contributed by atoms with van der Waals surface area (Å²) in [7, 11) is 0. The number of hydrogen-bond acceptors (Lipinski definition) is 2. The molecule has 1 fully saturated rings. The molecule has 3 heteroatoms. The largest absolute Gasteiger partial charge is 0.487 e. The van der Waals surface area contributed by atoms with Crippen molar-refractivity contribution in [3.63, 3.8) is 0 Å². The molecule has 1 N–H and O–H groups in total. The zero-order chi connectivity index (χ0) is 11.5. The first-order valence-corrected chi connectivity index (χ1v) is 6.57. The van der Waals surface area contributed by atoms with Crippen molar-refractivity contribution < 1.29 is 9.84 Å². The average molecular weight is 285 g/mol. The Kier molecular flexibility index (Phi) is 3.87. The molecule has 0 saturated heterocycles. The van der Waals surface area contributed by atoms with Crippen LogP contribution in [-0.4, -0.2) is 17.3 Å². The molecule has 0 aliphatic heterocycles. The third-order valence-corrected chi connectivity index (χ3v) is 3.58. The number of hydrogen-bond donors (Lipinski definition) is 1. The van der Waals surface area contributed by atoms with Gasteiger partial charge in [-0.25, -0.2) is 0 Å². The van der Waals surface area contributed by atoms with Crippen LogP contribution in [0.15, 0.2) is 22.7 Å². The van der Waals surface area contributed by atoms with Gasteiger partial charge in [0.2, 0.25) is 0 Å². The van der Waals surface area contributed by atoms with Crippen molar-refractivity contribution in [2.45, 2.75) is 44.8 Å². The average Bonchev–Trinajstić information content (AvgIpc) is 2.25. The molecule has 2 nitrogen and oxygen atoms in total. The van der Waals surface area contributed by atoms with Gasteiger partial charge < -0.3 is 9.84 Å². The summed E-state index contributed by atoms with van der Waals surface area (Å²) in [6.45, 7) is 2.02. The Labute approximate surface area is 105 Å². The lowest BCUT2D eigenvalue weighted by molar-refractivity contribution is 0.00654. The van der Waals surface area contributed by atoms with Crippen LogP contribution < -0.4 is 4.74 Å². The van der Waals surface area contributed by atoms with Crippen molar-refractivity contribution in [1.82, 2.24) is 0 Å². The predicted molar refractivity (Wildman–Crippen MR) is 67.8 cm³/mol. The fourth-order valence-electron chi connectivity index (χ4n) is 2.12. The van der Waals surface area contributed by atoms with E-state index < -0.39 is 0 Å². The molecule has 0 amide bonds. The molecule has 1 aromatic carbocycles. The van der Waals surface area contributed by atoms with E-state index in [9.17, 15) is 5.11 Å². The third-order valence-electron chi connectivity index (χ3n) is 3.08. The van der Waals surface area contributed by atoms with Crippen LogP contribution in [0.25, 0.3) is 0 Å². The third kappa shape index (κ3) is 2.77. The Morgan fingerprint density at radius 2 is 2.06 bits per heavy atom. The highest BCUT2D eigenvalue weighted by molar-refractivity contribution is 9.10. The normalized spacial score (nSPS) is 25.4. The van der Waals surface area contributed by atoms with Crippen LogP contribution in [0.5, 0.6) is 5.75 Å². The second-order valence-corrected chi connectivity index (χ2v) is 5.33. The topological polar surface area (TPSA) is 29.5 Å². The summed E-state index contributed by atoms with van der Waals surface area (Å²) in [5.41, 5.74) is 1.10. The summed E-state index contributed by atoms with van der Waals surface area (Å²) in [6.07, 6.45) is 3.74. The van der Waals surface area contributed by atoms with E-state index in [2.05, 4.69) is 15.9 Å². The molecular formula is C13H17BrO2. The van der Waals surface area contributed by atoms with Crippen LogP contribution in [-0.2, 0) is 0 Å². The van der Waals surface area contributed by atoms with Gasteiger partial charge in [0.05, 0.1) is 6.10 Å². The molecule has 0 radical (unpaired) electrons. The van der Waals surface area contributed by atoms with Crippen LogP contribution in [0.1, 0.15) is 31.2 Å². The molecule has 1 aliphatic carbocycles. The van der Waals surface area contributed by atoms with Gasteiger partial charge in [0.25, 0.3) is 0 Å². The Morgan fingerprint density at radius 3 is 2.75 bits per heavy atom. The van der Waals surface area contributed by atoms with E-state index >= 15 is 0 Å². The van der Waals surface area contributed by atoms with E-state index in [0.717, 1.165) is 41.5 Å². The number of aliphatic hydroxyl groups excluding tert-OH is 1. The van der Waals surface area contributed by atoms with Crippen molar-refractivity contribution in [2.75, 3.05) is 0 Å². The van der Waals surface area contributed by atoms with Crippen molar-refractivity contribution in [2.24, 2.45) is 0 Å². The van der Waals surface area contributed by atoms with E-state index in [1.54, 1.807) is 0 Å². The van der Waals surface area contributed by atoms with Gasteiger partial charge in [-0.1, -0.05) is 22.4 Å². The molecule has 0 heterocycles. The van der Waals surface area contributed by atoms with E-state index in [1.807, 2.05) is 25.1 Å². The second-order valence-electron chi connectivity index (χ2n) is 4.42. The smallest absolute Gasteiger partial charge is 0.124 e. The summed E-state index contributed by atoms with van der Waals surface area (Å²) >= 11 is 3.43. The van der Waals surface area contributed by atoms with Gasteiger partial charge in [-0.3, -0.25) is 0 Å². The first-order chi connectivity index (χ1) is 7.66. The quantitative estimate of drug-likeness (QED) is 0.902. The molecule has 16 heavy (non-hydrogen) atoms. The Morgan fingerprint density at radius 1 is 1.31 bits per heavy atom. The maximum atomic E-state index is 9.84. The molecule has 88 valence electrons. The minimum absolute atomic E-state index is 0.0337. The van der Waals surface area contributed by atoms with Gasteiger partial charge in [-0.2, -0.15) is 0 Å². The summed E-state index contributed by atoms with van der Waals surface area (Å²) in [5, 5.41) is 9.84. The number of halogens is 1. The van der Waals surface area contributed by atoms with Crippen molar-refractivity contribution in [3.05, 3.63) is 28.2 Å². The molecule has 1 aliphatic rings. The van der Waals surface area contributed by atoms with E-state index in [4.69, 9.17) is 4.74 Å². The molecular weight excluding hydrogens is 268 g/mol. The minimum Gasteiger partial charge on any atom is -0.487 e. The van der Waals surface area contributed by atoms with Crippen LogP contribution in [0.3, 0.4) is 0 Å². The molecule has 0 spiro atoms. The zero-order valence-corrected chi connectivity index (χ0v) is 11.0. The van der Waals surface area contributed by atoms with E-state index in [1.165, 1.54) is 0 Å². The fraction of sp³-hybridized carbons (Fsp3) is 0.538. The molecule has 0 bridgehead atoms. The standard InChI is InChI=1S/C13H17BrO2/c1-9-8-10(14)6-7-12(9)16-13-5-3-2-4-11(13)15/h6-8,11,13,15H,2-5H2,1H3/t11-,13-/m1/s1. The van der Waals surface area contributed by atoms with Gasteiger partial charge in [-0.15, -0.1) is 0 Å². The molecule has 0 aromatic heterocycles. The number of aliphatic hydroxyl groups is 1. The van der Waals surface area contributed by atoms with Gasteiger partial charge in [0, 0.05) is 4.47 Å². The van der Waals surface area contributed by atoms with Gasteiger partial charge in [0.15, 0.2) is 0 Å². The monoisotopic (exact) mass is 284 g/mol. The summed E-state index contributed by atoms with van der Waals surface area (Å²) in [5.74, 6) is 0.883. The highest BCUT2D eigenvalue weighted by Gasteiger charge is 2.24. The lowest BCUT2D eigenvalue weighted by Gasteiger charge is -2.28. The van der Waals surface area contributed by atoms with E-state index in [0.29, 0.717) is 0 Å². The first-order valence-electron chi connectivity index (χ1n) is 5.77. The Balaban J connectivity index is 2.07. The lowest BCUT2D eigenvalue weighted by atomic mass is 9.95. The summed E-state index contributed by atoms with van der Waals surface area (Å²) < 4.78 is 6.94. The number of aryl methyl sites for hydroxylation is 1. The molecule has 2 rings (SSSR count). The minimum atomic E-state index is -0.309. The first kappa shape index (κ1) is 11.9. The van der Waals surface area contributed by atoms with Crippen LogP contribution in [0.2, 0.25) is 0 Å². The van der Waals surface area contributed by atoms with Crippen molar-refractivity contribution in [1.29, 1.82) is 0 Å². The number of benzene rings is 1. The number of rotatable bonds is 2. The summed E-state index contributed by atoms with van der Waals surface area (Å²) in [6, 6.07) is 5.96. The Hall–Kier alpha value is -0.540. The fourth-order valence-corrected chi connectivity index (χ4v) is 2.60. The Bertz CT molecular complexity index is 365. The molecule has 0 unspecified atom stereocenters. The second kappa shape index (κ2) is 5.19. The molecule has 1 saturated carbocycles. The van der Waals surface area contributed by atoms with Gasteiger partial charge in [-0.05, 0) is 49.9 Å². The highest BCUT2D eigenvalue weighted by Crippen LogP contribution is 2.27. The highest BCUT2D eigenvalue weighted by atomic mass is 79.9. The van der Waals surface area contributed by atoms with Crippen LogP contribution in [0, 0.1) is 6.92 Å². The van der Waals surface area contributed by atoms with Gasteiger partial charge >= 0.3 is 0 Å². The van der Waals surface area contributed by atoms with Crippen LogP contribution >= 0.6 is 15.9 Å². The van der Waals surface area contributed by atoms with Gasteiger partial charge in [0.1, 0.15) is 11.9 Å². The molecule has 2 atom stereocenters.